The van der Waals surface area contributed by atoms with Crippen LogP contribution in [0, 0.1) is 19.8 Å². The molecule has 7 nitrogen and oxygen atoms in total. The molecule has 0 aromatic carbocycles. The topological polar surface area (TPSA) is 84.0 Å². The number of H-pyrrole nitrogens is 1. The second-order valence-corrected chi connectivity index (χ2v) is 5.61. The fourth-order valence-electron chi connectivity index (χ4n) is 2.41. The van der Waals surface area contributed by atoms with Crippen LogP contribution in [-0.4, -0.2) is 50.7 Å². The summed E-state index contributed by atoms with van der Waals surface area (Å²) in [6, 6.07) is 3.60. The van der Waals surface area contributed by atoms with Crippen LogP contribution in [-0.2, 0) is 11.3 Å². The number of ether oxygens (including phenoxy) is 1. The van der Waals surface area contributed by atoms with Crippen LogP contribution in [0.5, 0.6) is 0 Å². The summed E-state index contributed by atoms with van der Waals surface area (Å²) < 4.78 is 5.21. The van der Waals surface area contributed by atoms with Crippen LogP contribution in [0.15, 0.2) is 18.3 Å². The summed E-state index contributed by atoms with van der Waals surface area (Å²) in [6.07, 6.45) is 1.72. The first-order valence-corrected chi connectivity index (χ1v) is 7.29. The molecule has 0 unspecified atom stereocenters. The number of hydrogen-bond acceptors (Lipinski definition) is 5. The number of aromatic amines is 1. The number of aromatic nitrogens is 4. The van der Waals surface area contributed by atoms with Gasteiger partial charge in [-0.15, -0.1) is 0 Å². The van der Waals surface area contributed by atoms with Crippen molar-refractivity contribution in [2.75, 3.05) is 19.8 Å². The van der Waals surface area contributed by atoms with Gasteiger partial charge in [-0.25, -0.2) is 9.97 Å². The average molecular weight is 301 g/mol. The van der Waals surface area contributed by atoms with Crippen LogP contribution in [0.3, 0.4) is 0 Å². The molecule has 0 bridgehead atoms. The van der Waals surface area contributed by atoms with Crippen LogP contribution < -0.4 is 0 Å². The number of carbonyl (C=O) groups excluding carboxylic acids is 1. The van der Waals surface area contributed by atoms with Gasteiger partial charge in [0.25, 0.3) is 5.91 Å². The molecule has 2 aromatic heterocycles. The summed E-state index contributed by atoms with van der Waals surface area (Å²) in [5.41, 5.74) is 2.13. The summed E-state index contributed by atoms with van der Waals surface area (Å²) in [7, 11) is 0. The zero-order chi connectivity index (χ0) is 15.5. The summed E-state index contributed by atoms with van der Waals surface area (Å²) in [5, 5.41) is 6.82. The maximum absolute atomic E-state index is 12.7. The molecule has 1 fully saturated rings. The van der Waals surface area contributed by atoms with Crippen LogP contribution in [0.1, 0.15) is 27.7 Å². The zero-order valence-electron chi connectivity index (χ0n) is 12.7. The Balaban J connectivity index is 1.78. The third kappa shape index (κ3) is 3.30. The maximum atomic E-state index is 12.7. The molecule has 1 amide bonds. The highest BCUT2D eigenvalue weighted by Crippen LogP contribution is 2.16. The minimum Gasteiger partial charge on any atom is -0.381 e. The molecule has 1 saturated heterocycles. The standard InChI is InChI=1S/C15H19N5O2/c1-10-5-14(19-18-10)15(21)20(6-12-8-22-9-12)7-13-3-4-16-11(2)17-13/h3-5,12H,6-9H2,1-2H3,(H,18,19). The van der Waals surface area contributed by atoms with Gasteiger partial charge in [0.15, 0.2) is 0 Å². The number of carbonyl (C=O) groups is 1. The molecule has 22 heavy (non-hydrogen) atoms. The van der Waals surface area contributed by atoms with E-state index < -0.39 is 0 Å². The number of nitrogens with zero attached hydrogens (tertiary/aromatic N) is 4. The van der Waals surface area contributed by atoms with Gasteiger partial charge in [-0.3, -0.25) is 9.89 Å². The Hall–Kier alpha value is -2.28. The Morgan fingerprint density at radius 2 is 2.27 bits per heavy atom. The predicted octanol–water partition coefficient (Wildman–Crippen LogP) is 1.11. The van der Waals surface area contributed by atoms with Gasteiger partial charge in [0.05, 0.1) is 31.1 Å². The number of nitrogens with one attached hydrogen (secondary N) is 1. The Labute approximate surface area is 128 Å². The second kappa shape index (κ2) is 6.23. The molecule has 0 radical (unpaired) electrons. The third-order valence-electron chi connectivity index (χ3n) is 3.60. The van der Waals surface area contributed by atoms with Crippen molar-refractivity contribution >= 4 is 5.91 Å². The molecule has 1 aliphatic heterocycles. The van der Waals surface area contributed by atoms with Crippen molar-refractivity contribution in [3.05, 3.63) is 41.2 Å². The highest BCUT2D eigenvalue weighted by atomic mass is 16.5. The van der Waals surface area contributed by atoms with Crippen molar-refractivity contribution in [1.82, 2.24) is 25.1 Å². The third-order valence-corrected chi connectivity index (χ3v) is 3.60. The molecular weight excluding hydrogens is 282 g/mol. The highest BCUT2D eigenvalue weighted by molar-refractivity contribution is 5.92. The lowest BCUT2D eigenvalue weighted by molar-refractivity contribution is -0.0443. The fraction of sp³-hybridized carbons (Fsp3) is 0.467. The SMILES string of the molecule is Cc1cc(C(=O)N(Cc2ccnc(C)n2)CC2COC2)[nH]n1. The minimum atomic E-state index is -0.0660. The monoisotopic (exact) mass is 301 g/mol. The van der Waals surface area contributed by atoms with Crippen molar-refractivity contribution in [3.63, 3.8) is 0 Å². The highest BCUT2D eigenvalue weighted by Gasteiger charge is 2.26. The average Bonchev–Trinajstić information content (AvgIpc) is 2.87. The molecule has 3 rings (SSSR count). The largest absolute Gasteiger partial charge is 0.381 e. The Morgan fingerprint density at radius 3 is 2.86 bits per heavy atom. The van der Waals surface area contributed by atoms with E-state index in [-0.39, 0.29) is 5.91 Å². The molecule has 0 spiro atoms. The Kier molecular flexibility index (Phi) is 4.15. The molecule has 0 atom stereocenters. The van der Waals surface area contributed by atoms with E-state index in [9.17, 15) is 4.79 Å². The summed E-state index contributed by atoms with van der Waals surface area (Å²) in [4.78, 5) is 23.0. The molecule has 0 saturated carbocycles. The van der Waals surface area contributed by atoms with Gasteiger partial charge in [-0.2, -0.15) is 5.10 Å². The molecule has 1 N–H and O–H groups in total. The van der Waals surface area contributed by atoms with Gasteiger partial charge in [-0.05, 0) is 26.0 Å². The maximum Gasteiger partial charge on any atom is 0.272 e. The van der Waals surface area contributed by atoms with E-state index >= 15 is 0 Å². The molecule has 2 aromatic rings. The van der Waals surface area contributed by atoms with Crippen molar-refractivity contribution in [1.29, 1.82) is 0 Å². The van der Waals surface area contributed by atoms with E-state index in [1.807, 2.05) is 19.9 Å². The molecule has 116 valence electrons. The van der Waals surface area contributed by atoms with Crippen molar-refractivity contribution < 1.29 is 9.53 Å². The molecule has 1 aliphatic rings. The van der Waals surface area contributed by atoms with E-state index in [1.165, 1.54) is 0 Å². The van der Waals surface area contributed by atoms with Gasteiger partial charge in [0, 0.05) is 18.7 Å². The molecule has 3 heterocycles. The van der Waals surface area contributed by atoms with Crippen molar-refractivity contribution in [3.8, 4) is 0 Å². The molecule has 0 aliphatic carbocycles. The van der Waals surface area contributed by atoms with Crippen molar-refractivity contribution in [2.24, 2.45) is 5.92 Å². The quantitative estimate of drug-likeness (QED) is 0.894. The zero-order valence-corrected chi connectivity index (χ0v) is 12.7. The van der Waals surface area contributed by atoms with Gasteiger partial charge >= 0.3 is 0 Å². The molecule has 7 heteroatoms. The predicted molar refractivity (Wildman–Crippen MR) is 79.1 cm³/mol. The number of amides is 1. The van der Waals surface area contributed by atoms with E-state index in [4.69, 9.17) is 4.74 Å². The van der Waals surface area contributed by atoms with Crippen LogP contribution >= 0.6 is 0 Å². The van der Waals surface area contributed by atoms with E-state index in [0.717, 1.165) is 11.4 Å². The van der Waals surface area contributed by atoms with Gasteiger partial charge < -0.3 is 9.64 Å². The van der Waals surface area contributed by atoms with Gasteiger partial charge in [0.2, 0.25) is 0 Å². The fourth-order valence-corrected chi connectivity index (χ4v) is 2.41. The summed E-state index contributed by atoms with van der Waals surface area (Å²) in [5.74, 6) is 1.02. The van der Waals surface area contributed by atoms with E-state index in [2.05, 4.69) is 20.2 Å². The van der Waals surface area contributed by atoms with E-state index in [1.54, 1.807) is 17.2 Å². The van der Waals surface area contributed by atoms with Crippen LogP contribution in [0.2, 0.25) is 0 Å². The first-order chi connectivity index (χ1) is 10.6. The van der Waals surface area contributed by atoms with Gasteiger partial charge in [-0.1, -0.05) is 0 Å². The first kappa shape index (κ1) is 14.6. The minimum absolute atomic E-state index is 0.0660. The smallest absolute Gasteiger partial charge is 0.272 e. The molecular formula is C15H19N5O2. The number of hydrogen-bond donors (Lipinski definition) is 1. The van der Waals surface area contributed by atoms with Crippen molar-refractivity contribution in [2.45, 2.75) is 20.4 Å². The van der Waals surface area contributed by atoms with Gasteiger partial charge in [0.1, 0.15) is 11.5 Å². The lowest BCUT2D eigenvalue weighted by Crippen LogP contribution is -2.42. The summed E-state index contributed by atoms with van der Waals surface area (Å²) >= 11 is 0. The Bertz CT molecular complexity index is 665. The summed E-state index contributed by atoms with van der Waals surface area (Å²) in [6.45, 7) is 6.21. The number of aryl methyl sites for hydroxylation is 2. The lowest BCUT2D eigenvalue weighted by Gasteiger charge is -2.32. The second-order valence-electron chi connectivity index (χ2n) is 5.61. The number of rotatable bonds is 5. The van der Waals surface area contributed by atoms with E-state index in [0.29, 0.717) is 43.7 Å². The van der Waals surface area contributed by atoms with Crippen LogP contribution in [0.25, 0.3) is 0 Å². The lowest BCUT2D eigenvalue weighted by atomic mass is 10.1. The van der Waals surface area contributed by atoms with Crippen LogP contribution in [0.4, 0.5) is 0 Å². The Morgan fingerprint density at radius 1 is 1.45 bits per heavy atom. The first-order valence-electron chi connectivity index (χ1n) is 7.29. The normalized spacial score (nSPS) is 14.6.